The molecule has 4 rings (SSSR count). The molecule has 38 heavy (non-hydrogen) atoms. The number of sulfonamides is 1. The molecular formula is C27H37N3O7S. The Morgan fingerprint density at radius 2 is 1.84 bits per heavy atom. The maximum Gasteiger partial charge on any atom is 0.407 e. The number of alkyl carbamates (subject to hydrolysis) is 1. The monoisotopic (exact) mass is 547 g/mol. The van der Waals surface area contributed by atoms with Crippen molar-refractivity contribution in [2.45, 2.75) is 54.9 Å². The summed E-state index contributed by atoms with van der Waals surface area (Å²) in [6.07, 6.45) is -0.0432. The van der Waals surface area contributed by atoms with Crippen molar-refractivity contribution in [2.75, 3.05) is 40.0 Å². The molecule has 0 bridgehead atoms. The normalized spacial score (nSPS) is 20.1. The molecule has 1 unspecified atom stereocenters. The lowest BCUT2D eigenvalue weighted by Crippen LogP contribution is -2.54. The highest BCUT2D eigenvalue weighted by molar-refractivity contribution is 7.89. The maximum absolute atomic E-state index is 13.8. The van der Waals surface area contributed by atoms with Gasteiger partial charge in [-0.3, -0.25) is 0 Å². The van der Waals surface area contributed by atoms with E-state index in [0.29, 0.717) is 57.7 Å². The van der Waals surface area contributed by atoms with Gasteiger partial charge in [-0.05, 0) is 62.2 Å². The Bertz CT molecular complexity index is 1120. The molecule has 0 spiro atoms. The minimum absolute atomic E-state index is 0.122. The van der Waals surface area contributed by atoms with E-state index in [2.05, 4.69) is 10.6 Å². The number of nitrogens with one attached hydrogen (secondary N) is 2. The fourth-order valence-electron chi connectivity index (χ4n) is 4.83. The Kier molecular flexibility index (Phi) is 9.97. The van der Waals surface area contributed by atoms with Gasteiger partial charge in [0.25, 0.3) is 0 Å². The van der Waals surface area contributed by atoms with Crippen LogP contribution in [0.2, 0.25) is 0 Å². The minimum Gasteiger partial charge on any atom is -0.497 e. The van der Waals surface area contributed by atoms with Crippen LogP contribution in [0.3, 0.4) is 0 Å². The smallest absolute Gasteiger partial charge is 0.407 e. The molecule has 10 nitrogen and oxygen atoms in total. The second kappa shape index (κ2) is 13.4. The van der Waals surface area contributed by atoms with Crippen molar-refractivity contribution >= 4 is 16.1 Å². The molecule has 0 saturated carbocycles. The molecule has 3 N–H and O–H groups in total. The van der Waals surface area contributed by atoms with E-state index < -0.39 is 28.3 Å². The average molecular weight is 548 g/mol. The molecule has 2 aliphatic rings. The van der Waals surface area contributed by atoms with Crippen LogP contribution in [0.1, 0.15) is 24.8 Å². The number of benzene rings is 2. The van der Waals surface area contributed by atoms with Gasteiger partial charge >= 0.3 is 6.09 Å². The molecular weight excluding hydrogens is 510 g/mol. The summed E-state index contributed by atoms with van der Waals surface area (Å²) in [7, 11) is -2.43. The molecule has 0 aliphatic carbocycles. The van der Waals surface area contributed by atoms with Gasteiger partial charge in [0.1, 0.15) is 11.9 Å². The van der Waals surface area contributed by atoms with Crippen LogP contribution < -0.4 is 15.4 Å². The van der Waals surface area contributed by atoms with Crippen LogP contribution in [-0.4, -0.2) is 88.2 Å². The first kappa shape index (κ1) is 28.3. The third-order valence-electron chi connectivity index (χ3n) is 6.98. The highest BCUT2D eigenvalue weighted by Gasteiger charge is 2.36. The van der Waals surface area contributed by atoms with Crippen LogP contribution in [0, 0.1) is 0 Å². The van der Waals surface area contributed by atoms with Crippen LogP contribution >= 0.6 is 0 Å². The van der Waals surface area contributed by atoms with Crippen LogP contribution in [0.15, 0.2) is 59.5 Å². The van der Waals surface area contributed by atoms with E-state index in [9.17, 15) is 18.3 Å². The van der Waals surface area contributed by atoms with Crippen molar-refractivity contribution in [3.8, 4) is 5.75 Å². The third kappa shape index (κ3) is 7.45. The molecule has 2 saturated heterocycles. The Labute approximate surface area is 224 Å². The fraction of sp³-hybridized carbons (Fsp3) is 0.519. The second-order valence-corrected chi connectivity index (χ2v) is 11.5. The number of nitrogens with zero attached hydrogens (tertiary/aromatic N) is 1. The lowest BCUT2D eigenvalue weighted by atomic mass is 10.00. The van der Waals surface area contributed by atoms with Gasteiger partial charge in [-0.2, -0.15) is 4.31 Å². The second-order valence-electron chi connectivity index (χ2n) is 9.63. The lowest BCUT2D eigenvalue weighted by molar-refractivity contribution is 0.0611. The topological polar surface area (TPSA) is 126 Å². The molecule has 2 aromatic rings. The van der Waals surface area contributed by atoms with E-state index in [1.165, 1.54) is 23.5 Å². The molecule has 2 aliphatic heterocycles. The van der Waals surface area contributed by atoms with Crippen LogP contribution in [0.4, 0.5) is 4.79 Å². The highest BCUT2D eigenvalue weighted by Crippen LogP contribution is 2.25. The van der Waals surface area contributed by atoms with Crippen molar-refractivity contribution in [3.63, 3.8) is 0 Å². The molecule has 11 heteroatoms. The summed E-state index contributed by atoms with van der Waals surface area (Å²) >= 11 is 0. The Hall–Kier alpha value is -2.70. The summed E-state index contributed by atoms with van der Waals surface area (Å²) in [6, 6.07) is 14.6. The summed E-state index contributed by atoms with van der Waals surface area (Å²) in [4.78, 5) is 12.8. The summed E-state index contributed by atoms with van der Waals surface area (Å²) in [5.74, 6) is 0.552. The van der Waals surface area contributed by atoms with Crippen molar-refractivity contribution in [3.05, 3.63) is 60.2 Å². The average Bonchev–Trinajstić information content (AvgIpc) is 3.45. The Balaban J connectivity index is 1.56. The van der Waals surface area contributed by atoms with Gasteiger partial charge in [0.2, 0.25) is 10.0 Å². The Morgan fingerprint density at radius 3 is 2.47 bits per heavy atom. The summed E-state index contributed by atoms with van der Waals surface area (Å²) in [6.45, 7) is 2.04. The molecule has 3 atom stereocenters. The number of ether oxygens (including phenoxy) is 3. The highest BCUT2D eigenvalue weighted by atomic mass is 32.2. The number of carbonyl (C=O) groups excluding carboxylic acids is 1. The number of methoxy groups -OCH3 is 1. The van der Waals surface area contributed by atoms with Crippen molar-refractivity contribution in [1.82, 2.24) is 14.9 Å². The maximum atomic E-state index is 13.8. The van der Waals surface area contributed by atoms with Crippen molar-refractivity contribution in [2.24, 2.45) is 0 Å². The van der Waals surface area contributed by atoms with E-state index in [0.717, 1.165) is 5.56 Å². The summed E-state index contributed by atoms with van der Waals surface area (Å²) < 4.78 is 45.0. The van der Waals surface area contributed by atoms with Gasteiger partial charge in [0, 0.05) is 19.0 Å². The number of hydrogen-bond acceptors (Lipinski definition) is 8. The lowest BCUT2D eigenvalue weighted by Gasteiger charge is -2.36. The van der Waals surface area contributed by atoms with Gasteiger partial charge in [0.05, 0.1) is 37.4 Å². The number of piperidine rings is 1. The van der Waals surface area contributed by atoms with E-state index in [1.807, 2.05) is 30.3 Å². The van der Waals surface area contributed by atoms with Gasteiger partial charge < -0.3 is 30.0 Å². The summed E-state index contributed by atoms with van der Waals surface area (Å²) in [5, 5.41) is 17.5. The van der Waals surface area contributed by atoms with Crippen LogP contribution in [0.5, 0.6) is 5.75 Å². The number of amides is 1. The molecule has 2 aromatic carbocycles. The Morgan fingerprint density at radius 1 is 1.13 bits per heavy atom. The first-order valence-electron chi connectivity index (χ1n) is 13.0. The molecule has 2 fully saturated rings. The van der Waals surface area contributed by atoms with E-state index in [-0.39, 0.29) is 23.6 Å². The van der Waals surface area contributed by atoms with Crippen LogP contribution in [0.25, 0.3) is 0 Å². The van der Waals surface area contributed by atoms with E-state index >= 15 is 0 Å². The largest absolute Gasteiger partial charge is 0.497 e. The molecule has 1 amide bonds. The molecule has 0 radical (unpaired) electrons. The number of aliphatic hydroxyl groups is 1. The molecule has 208 valence electrons. The van der Waals surface area contributed by atoms with Gasteiger partial charge in [-0.25, -0.2) is 13.2 Å². The van der Waals surface area contributed by atoms with Gasteiger partial charge in [0.15, 0.2) is 0 Å². The summed E-state index contributed by atoms with van der Waals surface area (Å²) in [5.41, 5.74) is 0.896. The predicted octanol–water partition coefficient (Wildman–Crippen LogP) is 1.93. The van der Waals surface area contributed by atoms with Crippen LogP contribution in [-0.2, 0) is 25.9 Å². The molecule has 0 aromatic heterocycles. The van der Waals surface area contributed by atoms with Gasteiger partial charge in [-0.1, -0.05) is 30.3 Å². The zero-order valence-electron chi connectivity index (χ0n) is 21.6. The number of rotatable bonds is 11. The first-order valence-corrected chi connectivity index (χ1v) is 14.4. The standard InChI is InChI=1S/C27H37N3O7S/c1-35-22-7-9-24(10-8-22)38(33,34)30(21-11-14-28-15-12-21)18-26(31)25(17-20-5-3-2-4-6-20)29-27(32)37-23-13-16-36-19-23/h2-10,21,23,25-26,28,31H,11-19H2,1H3,(H,29,32)/t23-,25?,26-/m0/s1. The van der Waals surface area contributed by atoms with E-state index in [4.69, 9.17) is 14.2 Å². The number of hydrogen-bond donors (Lipinski definition) is 3. The fourth-order valence-corrected chi connectivity index (χ4v) is 6.53. The van der Waals surface area contributed by atoms with Crippen molar-refractivity contribution in [1.29, 1.82) is 0 Å². The zero-order valence-corrected chi connectivity index (χ0v) is 22.4. The zero-order chi connectivity index (χ0) is 27.0. The molecule has 2 heterocycles. The van der Waals surface area contributed by atoms with Crippen molar-refractivity contribution < 1.29 is 32.5 Å². The number of aliphatic hydroxyl groups excluding tert-OH is 1. The predicted molar refractivity (Wildman–Crippen MR) is 142 cm³/mol. The third-order valence-corrected chi connectivity index (χ3v) is 8.91. The number of carbonyl (C=O) groups is 1. The minimum atomic E-state index is -3.94. The SMILES string of the molecule is COc1ccc(S(=O)(=O)N(C[C@H](O)C(Cc2ccccc2)NC(=O)O[C@H]2CCOC2)C2CCNCC2)cc1. The van der Waals surface area contributed by atoms with Gasteiger partial charge in [-0.15, -0.1) is 0 Å². The quantitative estimate of drug-likeness (QED) is 0.390. The van der Waals surface area contributed by atoms with E-state index in [1.54, 1.807) is 12.1 Å². The first-order chi connectivity index (χ1) is 18.4.